The molecule has 16 heavy (non-hydrogen) atoms. The first-order chi connectivity index (χ1) is 7.70. The van der Waals surface area contributed by atoms with Gasteiger partial charge in [0, 0.05) is 7.05 Å². The molecule has 2 aromatic heterocycles. The maximum absolute atomic E-state index is 8.78. The number of aryl methyl sites for hydroxylation is 1. The molecule has 0 spiro atoms. The molecular weight excluding hydrogens is 226 g/mol. The van der Waals surface area contributed by atoms with E-state index in [1.165, 1.54) is 16.4 Å². The van der Waals surface area contributed by atoms with Gasteiger partial charge in [0.1, 0.15) is 11.1 Å². The molecule has 0 radical (unpaired) electrons. The largest absolute Gasteiger partial charge is 0.396 e. The van der Waals surface area contributed by atoms with E-state index in [2.05, 4.69) is 20.5 Å². The summed E-state index contributed by atoms with van der Waals surface area (Å²) in [5.41, 5.74) is 6.14. The molecule has 0 aliphatic heterocycles. The quantitative estimate of drug-likeness (QED) is 0.790. The Kier molecular flexibility index (Phi) is 2.70. The van der Waals surface area contributed by atoms with Crippen LogP contribution in [0.25, 0.3) is 0 Å². The zero-order valence-electron chi connectivity index (χ0n) is 8.32. The van der Waals surface area contributed by atoms with Gasteiger partial charge in [-0.25, -0.2) is 9.67 Å². The van der Waals surface area contributed by atoms with E-state index in [4.69, 9.17) is 11.0 Å². The van der Waals surface area contributed by atoms with Crippen LogP contribution in [-0.4, -0.2) is 25.2 Å². The Balaban J connectivity index is 2.30. The van der Waals surface area contributed by atoms with Crippen molar-refractivity contribution in [1.29, 1.82) is 5.26 Å². The normalized spacial score (nSPS) is 10.0. The monoisotopic (exact) mass is 233 g/mol. The van der Waals surface area contributed by atoms with Crippen LogP contribution < -0.4 is 5.73 Å². The van der Waals surface area contributed by atoms with Crippen LogP contribution in [0.2, 0.25) is 0 Å². The molecule has 0 unspecified atom stereocenters. The Morgan fingerprint density at radius 3 is 2.94 bits per heavy atom. The van der Waals surface area contributed by atoms with Crippen LogP contribution in [0.3, 0.4) is 0 Å². The van der Waals surface area contributed by atoms with Crippen molar-refractivity contribution in [3.05, 3.63) is 17.8 Å². The van der Waals surface area contributed by atoms with Crippen molar-refractivity contribution in [2.45, 2.75) is 10.2 Å². The lowest BCUT2D eigenvalue weighted by Crippen LogP contribution is -1.96. The van der Waals surface area contributed by atoms with Crippen LogP contribution in [-0.2, 0) is 7.05 Å². The molecule has 0 aliphatic rings. The van der Waals surface area contributed by atoms with Crippen LogP contribution >= 0.6 is 11.8 Å². The van der Waals surface area contributed by atoms with E-state index in [1.54, 1.807) is 19.2 Å². The number of nitriles is 1. The highest BCUT2D eigenvalue weighted by molar-refractivity contribution is 7.99. The van der Waals surface area contributed by atoms with Crippen molar-refractivity contribution in [3.8, 4) is 6.07 Å². The average Bonchev–Trinajstić information content (AvgIpc) is 2.67. The summed E-state index contributed by atoms with van der Waals surface area (Å²) in [7, 11) is 1.73. The van der Waals surface area contributed by atoms with Crippen LogP contribution in [0.15, 0.2) is 22.3 Å². The molecule has 0 saturated carbocycles. The molecular formula is C8H7N7S. The molecule has 0 aromatic carbocycles. The molecule has 0 aliphatic carbocycles. The summed E-state index contributed by atoms with van der Waals surface area (Å²) in [6.45, 7) is 0. The highest BCUT2D eigenvalue weighted by Crippen LogP contribution is 2.24. The number of aromatic nitrogens is 5. The Hall–Kier alpha value is -2.14. The fraction of sp³-hybridized carbons (Fsp3) is 0.125. The molecule has 2 rings (SSSR count). The number of anilines is 1. The van der Waals surface area contributed by atoms with Crippen molar-refractivity contribution >= 4 is 17.4 Å². The number of nitrogens with zero attached hydrogens (tertiary/aromatic N) is 6. The zero-order valence-corrected chi connectivity index (χ0v) is 9.14. The molecule has 0 atom stereocenters. The molecule has 0 bridgehead atoms. The minimum Gasteiger partial charge on any atom is -0.396 e. The second kappa shape index (κ2) is 4.16. The van der Waals surface area contributed by atoms with Gasteiger partial charge in [-0.2, -0.15) is 5.26 Å². The summed E-state index contributed by atoms with van der Waals surface area (Å²) in [5.74, 6) is 0. The summed E-state index contributed by atoms with van der Waals surface area (Å²) >= 11 is 1.27. The van der Waals surface area contributed by atoms with Gasteiger partial charge in [-0.15, -0.1) is 5.10 Å². The lowest BCUT2D eigenvalue weighted by molar-refractivity contribution is 0.664. The van der Waals surface area contributed by atoms with E-state index in [9.17, 15) is 0 Å². The van der Waals surface area contributed by atoms with Gasteiger partial charge in [0.05, 0.1) is 5.69 Å². The first-order valence-electron chi connectivity index (χ1n) is 4.27. The van der Waals surface area contributed by atoms with Crippen molar-refractivity contribution < 1.29 is 0 Å². The average molecular weight is 233 g/mol. The molecule has 0 fully saturated rings. The van der Waals surface area contributed by atoms with Gasteiger partial charge in [-0.3, -0.25) is 0 Å². The Morgan fingerprint density at radius 1 is 1.50 bits per heavy atom. The van der Waals surface area contributed by atoms with Crippen LogP contribution in [0, 0.1) is 11.3 Å². The molecule has 2 aromatic rings. The number of hydrogen-bond donors (Lipinski definition) is 1. The topological polar surface area (TPSA) is 106 Å². The summed E-state index contributed by atoms with van der Waals surface area (Å²) in [6, 6.07) is 5.28. The summed E-state index contributed by atoms with van der Waals surface area (Å²) in [4.78, 5) is 4.07. The SMILES string of the molecule is Cn1nnnc1Sc1ccc(N)c(C#N)n1. The summed E-state index contributed by atoms with van der Waals surface area (Å²) in [5, 5.41) is 21.0. The maximum Gasteiger partial charge on any atom is 0.215 e. The Morgan fingerprint density at radius 2 is 2.31 bits per heavy atom. The smallest absolute Gasteiger partial charge is 0.215 e. The van der Waals surface area contributed by atoms with Crippen LogP contribution in [0.5, 0.6) is 0 Å². The first-order valence-corrected chi connectivity index (χ1v) is 5.09. The van der Waals surface area contributed by atoms with Gasteiger partial charge < -0.3 is 5.73 Å². The maximum atomic E-state index is 8.78. The van der Waals surface area contributed by atoms with Crippen LogP contribution in [0.4, 0.5) is 5.69 Å². The fourth-order valence-electron chi connectivity index (χ4n) is 1.000. The Labute approximate surface area is 95.3 Å². The van der Waals surface area contributed by atoms with Gasteiger partial charge >= 0.3 is 0 Å². The van der Waals surface area contributed by atoms with E-state index in [1.807, 2.05) is 6.07 Å². The van der Waals surface area contributed by atoms with Crippen molar-refractivity contribution in [3.63, 3.8) is 0 Å². The number of hydrogen-bond acceptors (Lipinski definition) is 7. The zero-order chi connectivity index (χ0) is 11.5. The molecule has 80 valence electrons. The third-order valence-corrected chi connectivity index (χ3v) is 2.75. The number of nitrogen functional groups attached to an aromatic ring is 1. The van der Waals surface area contributed by atoms with E-state index in [-0.39, 0.29) is 5.69 Å². The van der Waals surface area contributed by atoms with E-state index in [0.717, 1.165) is 0 Å². The summed E-state index contributed by atoms with van der Waals surface area (Å²) < 4.78 is 1.52. The number of pyridine rings is 1. The number of rotatable bonds is 2. The molecule has 8 heteroatoms. The molecule has 0 amide bonds. The van der Waals surface area contributed by atoms with Gasteiger partial charge in [0.25, 0.3) is 0 Å². The number of tetrazole rings is 1. The number of nitrogens with two attached hydrogens (primary N) is 1. The van der Waals surface area contributed by atoms with Gasteiger partial charge in [-0.05, 0) is 34.3 Å². The lowest BCUT2D eigenvalue weighted by atomic mass is 10.3. The summed E-state index contributed by atoms with van der Waals surface area (Å²) in [6.07, 6.45) is 0. The highest BCUT2D eigenvalue weighted by Gasteiger charge is 2.08. The lowest BCUT2D eigenvalue weighted by Gasteiger charge is -2.00. The minimum absolute atomic E-state index is 0.208. The van der Waals surface area contributed by atoms with Gasteiger partial charge in [0.2, 0.25) is 5.16 Å². The third kappa shape index (κ3) is 1.94. The van der Waals surface area contributed by atoms with E-state index < -0.39 is 0 Å². The van der Waals surface area contributed by atoms with Crippen molar-refractivity contribution in [2.75, 3.05) is 5.73 Å². The molecule has 2 N–H and O–H groups in total. The predicted octanol–water partition coefficient (Wildman–Crippen LogP) is 0.210. The van der Waals surface area contributed by atoms with E-state index in [0.29, 0.717) is 15.9 Å². The van der Waals surface area contributed by atoms with Gasteiger partial charge in [0.15, 0.2) is 5.69 Å². The molecule has 2 heterocycles. The van der Waals surface area contributed by atoms with Crippen molar-refractivity contribution in [1.82, 2.24) is 25.2 Å². The van der Waals surface area contributed by atoms with Gasteiger partial charge in [-0.1, -0.05) is 0 Å². The van der Waals surface area contributed by atoms with E-state index >= 15 is 0 Å². The molecule has 7 nitrogen and oxygen atoms in total. The minimum atomic E-state index is 0.208. The Bertz CT molecular complexity index is 556. The van der Waals surface area contributed by atoms with Crippen molar-refractivity contribution in [2.24, 2.45) is 7.05 Å². The van der Waals surface area contributed by atoms with Crippen LogP contribution in [0.1, 0.15) is 5.69 Å². The second-order valence-corrected chi connectivity index (χ2v) is 3.87. The third-order valence-electron chi connectivity index (χ3n) is 1.78. The predicted molar refractivity (Wildman–Crippen MR) is 56.3 cm³/mol. The highest BCUT2D eigenvalue weighted by atomic mass is 32.2. The fourth-order valence-corrected chi connectivity index (χ4v) is 1.71. The standard InChI is InChI=1S/C8H7N7S/c1-15-8(12-13-14-15)16-7-3-2-5(10)6(4-9)11-7/h2-3H,10H2,1H3. The second-order valence-electron chi connectivity index (χ2n) is 2.89. The first kappa shape index (κ1) is 10.4. The molecule has 0 saturated heterocycles.